The minimum atomic E-state index is 0.412. The van der Waals surface area contributed by atoms with Gasteiger partial charge in [-0.2, -0.15) is 4.98 Å². The summed E-state index contributed by atoms with van der Waals surface area (Å²) < 4.78 is 17.2. The van der Waals surface area contributed by atoms with Gasteiger partial charge in [-0.05, 0) is 36.4 Å². The monoisotopic (exact) mass is 410 g/mol. The van der Waals surface area contributed by atoms with E-state index in [1.807, 2.05) is 48.5 Å². The third-order valence-corrected chi connectivity index (χ3v) is 5.06. The molecule has 10 heteroatoms. The SMILES string of the molecule is COc1ccc(-c2nnc(SCc3nc(-c4cccc(OC)c4)no3)n2N)cc1. The van der Waals surface area contributed by atoms with Crippen LogP contribution in [0.1, 0.15) is 5.89 Å². The van der Waals surface area contributed by atoms with Crippen molar-refractivity contribution in [2.45, 2.75) is 10.9 Å². The lowest BCUT2D eigenvalue weighted by atomic mass is 10.2. The maximum atomic E-state index is 6.16. The molecule has 2 aromatic heterocycles. The molecular weight excluding hydrogens is 392 g/mol. The summed E-state index contributed by atoms with van der Waals surface area (Å²) >= 11 is 1.36. The Bertz CT molecular complexity index is 1110. The normalized spacial score (nSPS) is 10.8. The second-order valence-corrected chi connectivity index (χ2v) is 6.88. The van der Waals surface area contributed by atoms with E-state index in [-0.39, 0.29) is 0 Å². The third-order valence-electron chi connectivity index (χ3n) is 4.13. The molecule has 0 bridgehead atoms. The standard InChI is InChI=1S/C19H18N6O3S/c1-26-14-8-6-12(7-9-14)18-22-23-19(25(18)20)29-11-16-21-17(24-28-16)13-4-3-5-15(10-13)27-2/h3-10H,11,20H2,1-2H3. The third kappa shape index (κ3) is 4.02. The Labute approximate surface area is 170 Å². The largest absolute Gasteiger partial charge is 0.497 e. The van der Waals surface area contributed by atoms with Gasteiger partial charge >= 0.3 is 0 Å². The van der Waals surface area contributed by atoms with E-state index >= 15 is 0 Å². The Morgan fingerprint density at radius 2 is 1.79 bits per heavy atom. The second-order valence-electron chi connectivity index (χ2n) is 5.94. The van der Waals surface area contributed by atoms with Crippen molar-refractivity contribution >= 4 is 11.8 Å². The molecule has 2 N–H and O–H groups in total. The van der Waals surface area contributed by atoms with Crippen molar-refractivity contribution in [1.29, 1.82) is 0 Å². The first-order valence-electron chi connectivity index (χ1n) is 8.62. The first kappa shape index (κ1) is 18.8. The molecule has 9 nitrogen and oxygen atoms in total. The van der Waals surface area contributed by atoms with Crippen molar-refractivity contribution in [1.82, 2.24) is 25.0 Å². The van der Waals surface area contributed by atoms with Crippen LogP contribution in [0, 0.1) is 0 Å². The summed E-state index contributed by atoms with van der Waals surface area (Å²) in [6.45, 7) is 0. The predicted octanol–water partition coefficient (Wildman–Crippen LogP) is 3.02. The summed E-state index contributed by atoms with van der Waals surface area (Å²) in [5.74, 6) is 9.56. The zero-order chi connectivity index (χ0) is 20.2. The van der Waals surface area contributed by atoms with Gasteiger partial charge in [0.1, 0.15) is 11.5 Å². The second kappa shape index (κ2) is 8.23. The van der Waals surface area contributed by atoms with Crippen LogP contribution in [-0.2, 0) is 5.75 Å². The van der Waals surface area contributed by atoms with Crippen LogP contribution in [0.25, 0.3) is 22.8 Å². The van der Waals surface area contributed by atoms with E-state index in [0.717, 1.165) is 22.6 Å². The van der Waals surface area contributed by atoms with Crippen molar-refractivity contribution in [3.63, 3.8) is 0 Å². The van der Waals surface area contributed by atoms with Gasteiger partial charge in [0.15, 0.2) is 5.82 Å². The Kier molecular flexibility index (Phi) is 5.34. The maximum Gasteiger partial charge on any atom is 0.237 e. The molecule has 0 aliphatic rings. The van der Waals surface area contributed by atoms with Gasteiger partial charge in [-0.25, -0.2) is 4.68 Å². The smallest absolute Gasteiger partial charge is 0.237 e. The van der Waals surface area contributed by atoms with Crippen LogP contribution in [0.3, 0.4) is 0 Å². The summed E-state index contributed by atoms with van der Waals surface area (Å²) in [6.07, 6.45) is 0. The highest BCUT2D eigenvalue weighted by Gasteiger charge is 2.15. The molecule has 0 radical (unpaired) electrons. The number of nitrogens with two attached hydrogens (primary N) is 1. The van der Waals surface area contributed by atoms with Crippen LogP contribution in [0.15, 0.2) is 58.2 Å². The van der Waals surface area contributed by atoms with E-state index in [1.54, 1.807) is 14.2 Å². The predicted molar refractivity (Wildman–Crippen MR) is 108 cm³/mol. The van der Waals surface area contributed by atoms with Crippen molar-refractivity contribution in [2.75, 3.05) is 20.1 Å². The zero-order valence-electron chi connectivity index (χ0n) is 15.8. The van der Waals surface area contributed by atoms with Crippen molar-refractivity contribution in [3.05, 3.63) is 54.4 Å². The van der Waals surface area contributed by atoms with Gasteiger partial charge in [-0.15, -0.1) is 10.2 Å². The molecule has 2 heterocycles. The highest BCUT2D eigenvalue weighted by molar-refractivity contribution is 7.98. The lowest BCUT2D eigenvalue weighted by Gasteiger charge is -2.04. The first-order valence-corrected chi connectivity index (χ1v) is 9.61. The molecule has 0 amide bonds. The molecule has 4 rings (SSSR count). The molecule has 148 valence electrons. The summed E-state index contributed by atoms with van der Waals surface area (Å²) in [4.78, 5) is 4.42. The molecular formula is C19H18N6O3S. The fourth-order valence-electron chi connectivity index (χ4n) is 2.63. The number of hydrogen-bond acceptors (Lipinski definition) is 9. The van der Waals surface area contributed by atoms with Crippen molar-refractivity contribution < 1.29 is 14.0 Å². The molecule has 0 aliphatic heterocycles. The molecule has 0 atom stereocenters. The average Bonchev–Trinajstić information content (AvgIpc) is 3.39. The quantitative estimate of drug-likeness (QED) is 0.363. The minimum Gasteiger partial charge on any atom is -0.497 e. The van der Waals surface area contributed by atoms with Gasteiger partial charge in [0, 0.05) is 11.1 Å². The maximum absolute atomic E-state index is 6.16. The van der Waals surface area contributed by atoms with Crippen LogP contribution in [-0.4, -0.2) is 39.2 Å². The molecule has 0 unspecified atom stereocenters. The van der Waals surface area contributed by atoms with E-state index in [1.165, 1.54) is 16.4 Å². The molecule has 0 fully saturated rings. The van der Waals surface area contributed by atoms with E-state index in [0.29, 0.717) is 28.4 Å². The lowest BCUT2D eigenvalue weighted by molar-refractivity contribution is 0.391. The Morgan fingerprint density at radius 3 is 2.55 bits per heavy atom. The number of nitrogen functional groups attached to an aromatic ring is 1. The topological polar surface area (TPSA) is 114 Å². The number of methoxy groups -OCH3 is 2. The fourth-order valence-corrected chi connectivity index (χ4v) is 3.33. The van der Waals surface area contributed by atoms with E-state index in [9.17, 15) is 0 Å². The summed E-state index contributed by atoms with van der Waals surface area (Å²) in [5, 5.41) is 12.9. The lowest BCUT2D eigenvalue weighted by Crippen LogP contribution is -2.11. The molecule has 0 spiro atoms. The number of rotatable bonds is 7. The van der Waals surface area contributed by atoms with Crippen LogP contribution < -0.4 is 15.3 Å². The zero-order valence-corrected chi connectivity index (χ0v) is 16.6. The number of hydrogen-bond donors (Lipinski definition) is 1. The van der Waals surface area contributed by atoms with Gasteiger partial charge in [0.2, 0.25) is 16.9 Å². The number of ether oxygens (including phenoxy) is 2. The van der Waals surface area contributed by atoms with Gasteiger partial charge in [-0.1, -0.05) is 29.1 Å². The van der Waals surface area contributed by atoms with Crippen molar-refractivity contribution in [2.24, 2.45) is 0 Å². The molecule has 0 saturated carbocycles. The minimum absolute atomic E-state index is 0.412. The van der Waals surface area contributed by atoms with Gasteiger partial charge < -0.3 is 19.8 Å². The first-order chi connectivity index (χ1) is 14.2. The number of nitrogens with zero attached hydrogens (tertiary/aromatic N) is 5. The summed E-state index contributed by atoms with van der Waals surface area (Å²) in [5.41, 5.74) is 1.65. The highest BCUT2D eigenvalue weighted by atomic mass is 32.2. The molecule has 2 aromatic carbocycles. The highest BCUT2D eigenvalue weighted by Crippen LogP contribution is 2.26. The van der Waals surface area contributed by atoms with Crippen molar-refractivity contribution in [3.8, 4) is 34.3 Å². The van der Waals surface area contributed by atoms with Crippen LogP contribution in [0.2, 0.25) is 0 Å². The number of aromatic nitrogens is 5. The van der Waals surface area contributed by atoms with E-state index < -0.39 is 0 Å². The fraction of sp³-hybridized carbons (Fsp3) is 0.158. The molecule has 0 saturated heterocycles. The summed E-state index contributed by atoms with van der Waals surface area (Å²) in [6, 6.07) is 14.9. The van der Waals surface area contributed by atoms with Crippen LogP contribution in [0.5, 0.6) is 11.5 Å². The molecule has 29 heavy (non-hydrogen) atoms. The molecule has 0 aliphatic carbocycles. The Hall–Kier alpha value is -3.53. The van der Waals surface area contributed by atoms with Gasteiger partial charge in [0.05, 0.1) is 20.0 Å². The summed E-state index contributed by atoms with van der Waals surface area (Å²) in [7, 11) is 3.23. The van der Waals surface area contributed by atoms with Gasteiger partial charge in [0.25, 0.3) is 0 Å². The van der Waals surface area contributed by atoms with Crippen LogP contribution >= 0.6 is 11.8 Å². The average molecular weight is 410 g/mol. The Morgan fingerprint density at radius 1 is 1.00 bits per heavy atom. The van der Waals surface area contributed by atoms with E-state index in [4.69, 9.17) is 19.8 Å². The van der Waals surface area contributed by atoms with Crippen LogP contribution in [0.4, 0.5) is 0 Å². The van der Waals surface area contributed by atoms with E-state index in [2.05, 4.69) is 20.3 Å². The molecule has 4 aromatic rings. The number of thioether (sulfide) groups is 1. The number of benzene rings is 2. The van der Waals surface area contributed by atoms with Gasteiger partial charge in [-0.3, -0.25) is 0 Å². The Balaban J connectivity index is 1.46.